The average molecular weight is 357 g/mol. The van der Waals surface area contributed by atoms with Crippen molar-refractivity contribution in [2.75, 3.05) is 5.73 Å². The second kappa shape index (κ2) is 5.82. The molecule has 2 aromatic heterocycles. The van der Waals surface area contributed by atoms with E-state index in [4.69, 9.17) is 17.3 Å². The van der Waals surface area contributed by atoms with E-state index >= 15 is 0 Å². The van der Waals surface area contributed by atoms with Gasteiger partial charge in [0.2, 0.25) is 0 Å². The van der Waals surface area contributed by atoms with Gasteiger partial charge in [-0.3, -0.25) is 0 Å². The van der Waals surface area contributed by atoms with Gasteiger partial charge in [-0.15, -0.1) is 0 Å². The van der Waals surface area contributed by atoms with Gasteiger partial charge in [0.15, 0.2) is 5.65 Å². The lowest BCUT2D eigenvalue weighted by Gasteiger charge is -2.05. The maximum absolute atomic E-state index is 13.5. The van der Waals surface area contributed by atoms with E-state index in [1.165, 1.54) is 30.6 Å². The third kappa shape index (κ3) is 2.60. The Balaban J connectivity index is 2.02. The van der Waals surface area contributed by atoms with Crippen LogP contribution in [0.5, 0.6) is 0 Å². The molecule has 7 heteroatoms. The number of benzene rings is 2. The lowest BCUT2D eigenvalue weighted by atomic mass is 10.1. The number of hydrogen-bond donors (Lipinski definition) is 1. The van der Waals surface area contributed by atoms with Gasteiger partial charge < -0.3 is 10.3 Å². The topological polar surface area (TPSA) is 56.7 Å². The average Bonchev–Trinajstić information content (AvgIpc) is 2.99. The Hall–Kier alpha value is -2.99. The first-order chi connectivity index (χ1) is 12.0. The number of anilines is 1. The molecular formula is C18H11ClF2N4. The number of nitrogen functional groups attached to an aromatic ring is 1. The third-order valence-corrected chi connectivity index (χ3v) is 4.24. The van der Waals surface area contributed by atoms with Crippen LogP contribution < -0.4 is 5.73 Å². The van der Waals surface area contributed by atoms with Crippen molar-refractivity contribution in [3.63, 3.8) is 0 Å². The molecule has 0 saturated heterocycles. The molecule has 2 heterocycles. The molecule has 0 radical (unpaired) electrons. The fourth-order valence-electron chi connectivity index (χ4n) is 2.77. The van der Waals surface area contributed by atoms with E-state index in [0.29, 0.717) is 22.5 Å². The molecule has 0 unspecified atom stereocenters. The van der Waals surface area contributed by atoms with Crippen LogP contribution in [0.25, 0.3) is 27.8 Å². The molecule has 0 spiro atoms. The third-order valence-electron chi connectivity index (χ3n) is 3.95. The largest absolute Gasteiger partial charge is 0.383 e. The zero-order valence-electron chi connectivity index (χ0n) is 12.7. The Morgan fingerprint density at radius 2 is 1.76 bits per heavy atom. The molecule has 2 N–H and O–H groups in total. The van der Waals surface area contributed by atoms with Crippen molar-refractivity contribution >= 4 is 28.5 Å². The lowest BCUT2D eigenvalue weighted by Crippen LogP contribution is -1.97. The Morgan fingerprint density at radius 1 is 1.00 bits per heavy atom. The SMILES string of the molecule is Nc1ncnc2c1c(-c1ccc(F)cc1)cn2-c1ccc(F)c(Cl)c1. The summed E-state index contributed by atoms with van der Waals surface area (Å²) >= 11 is 5.90. The van der Waals surface area contributed by atoms with Crippen LogP contribution in [-0.4, -0.2) is 14.5 Å². The minimum atomic E-state index is -0.505. The zero-order valence-corrected chi connectivity index (χ0v) is 13.5. The highest BCUT2D eigenvalue weighted by atomic mass is 35.5. The van der Waals surface area contributed by atoms with Crippen LogP contribution in [0.15, 0.2) is 55.0 Å². The molecule has 4 aromatic rings. The van der Waals surface area contributed by atoms with Crippen molar-refractivity contribution in [3.8, 4) is 16.8 Å². The van der Waals surface area contributed by atoms with E-state index in [0.717, 1.165) is 11.1 Å². The zero-order chi connectivity index (χ0) is 17.6. The van der Waals surface area contributed by atoms with Gasteiger partial charge in [0, 0.05) is 17.4 Å². The summed E-state index contributed by atoms with van der Waals surface area (Å²) in [5, 5.41) is 0.638. The van der Waals surface area contributed by atoms with Gasteiger partial charge in [-0.1, -0.05) is 23.7 Å². The molecule has 0 fully saturated rings. The Kier molecular flexibility index (Phi) is 3.62. The molecule has 0 saturated carbocycles. The van der Waals surface area contributed by atoms with Gasteiger partial charge in [-0.05, 0) is 35.9 Å². The van der Waals surface area contributed by atoms with Crippen LogP contribution in [0.1, 0.15) is 0 Å². The Morgan fingerprint density at radius 3 is 2.48 bits per heavy atom. The first-order valence-electron chi connectivity index (χ1n) is 7.37. The number of rotatable bonds is 2. The molecule has 0 amide bonds. The minimum absolute atomic E-state index is 0.00436. The summed E-state index contributed by atoms with van der Waals surface area (Å²) < 4.78 is 28.5. The predicted molar refractivity (Wildman–Crippen MR) is 93.6 cm³/mol. The van der Waals surface area contributed by atoms with Gasteiger partial charge in [0.25, 0.3) is 0 Å². The van der Waals surface area contributed by atoms with Crippen LogP contribution in [0.3, 0.4) is 0 Å². The van der Waals surface area contributed by atoms with Crippen LogP contribution in [0.4, 0.5) is 14.6 Å². The summed E-state index contributed by atoms with van der Waals surface area (Å²) in [5.41, 5.74) is 8.73. The van der Waals surface area contributed by atoms with Crippen molar-refractivity contribution in [3.05, 3.63) is 71.6 Å². The van der Waals surface area contributed by atoms with E-state index in [-0.39, 0.29) is 10.8 Å². The fraction of sp³-hybridized carbons (Fsp3) is 0. The van der Waals surface area contributed by atoms with E-state index < -0.39 is 5.82 Å². The van der Waals surface area contributed by atoms with Crippen molar-refractivity contribution < 1.29 is 8.78 Å². The summed E-state index contributed by atoms with van der Waals surface area (Å²) in [6.45, 7) is 0. The highest BCUT2D eigenvalue weighted by Crippen LogP contribution is 2.34. The van der Waals surface area contributed by atoms with Gasteiger partial charge >= 0.3 is 0 Å². The van der Waals surface area contributed by atoms with Crippen molar-refractivity contribution in [1.29, 1.82) is 0 Å². The molecule has 4 rings (SSSR count). The van der Waals surface area contributed by atoms with Gasteiger partial charge in [0.05, 0.1) is 10.4 Å². The van der Waals surface area contributed by atoms with E-state index in [1.807, 2.05) is 0 Å². The molecule has 2 aromatic carbocycles. The highest BCUT2D eigenvalue weighted by Gasteiger charge is 2.16. The number of fused-ring (bicyclic) bond motifs is 1. The molecule has 25 heavy (non-hydrogen) atoms. The van der Waals surface area contributed by atoms with Crippen LogP contribution in [-0.2, 0) is 0 Å². The monoisotopic (exact) mass is 356 g/mol. The smallest absolute Gasteiger partial charge is 0.150 e. The second-order valence-electron chi connectivity index (χ2n) is 5.48. The van der Waals surface area contributed by atoms with E-state index in [9.17, 15) is 8.78 Å². The first-order valence-corrected chi connectivity index (χ1v) is 7.75. The highest BCUT2D eigenvalue weighted by molar-refractivity contribution is 6.30. The fourth-order valence-corrected chi connectivity index (χ4v) is 2.94. The first kappa shape index (κ1) is 15.5. The van der Waals surface area contributed by atoms with Crippen molar-refractivity contribution in [2.45, 2.75) is 0 Å². The summed E-state index contributed by atoms with van der Waals surface area (Å²) in [4.78, 5) is 8.34. The maximum Gasteiger partial charge on any atom is 0.150 e. The minimum Gasteiger partial charge on any atom is -0.383 e. The number of aromatic nitrogens is 3. The van der Waals surface area contributed by atoms with Crippen molar-refractivity contribution in [1.82, 2.24) is 14.5 Å². The quantitative estimate of drug-likeness (QED) is 0.571. The number of hydrogen-bond acceptors (Lipinski definition) is 3. The molecule has 0 atom stereocenters. The molecule has 4 nitrogen and oxygen atoms in total. The van der Waals surface area contributed by atoms with E-state index in [1.54, 1.807) is 29.0 Å². The molecule has 0 bridgehead atoms. The summed E-state index contributed by atoms with van der Waals surface area (Å²) in [7, 11) is 0. The lowest BCUT2D eigenvalue weighted by molar-refractivity contribution is 0.627. The van der Waals surface area contributed by atoms with Crippen LogP contribution in [0.2, 0.25) is 5.02 Å². The van der Waals surface area contributed by atoms with Gasteiger partial charge in [-0.25, -0.2) is 18.7 Å². The van der Waals surface area contributed by atoms with E-state index in [2.05, 4.69) is 9.97 Å². The summed E-state index contributed by atoms with van der Waals surface area (Å²) in [5.74, 6) is -0.534. The van der Waals surface area contributed by atoms with Crippen molar-refractivity contribution in [2.24, 2.45) is 0 Å². The Labute approximate surface area is 146 Å². The standard InChI is InChI=1S/C18H11ClF2N4/c19-14-7-12(5-6-15(14)21)25-8-13(10-1-3-11(20)4-2-10)16-17(22)23-9-24-18(16)25/h1-9H,(H2,22,23,24). The molecular weight excluding hydrogens is 346 g/mol. The molecule has 0 aliphatic rings. The number of halogens is 3. The normalized spacial score (nSPS) is 11.2. The Bertz CT molecular complexity index is 1090. The van der Waals surface area contributed by atoms with Crippen LogP contribution >= 0.6 is 11.6 Å². The molecule has 124 valence electrons. The maximum atomic E-state index is 13.5. The van der Waals surface area contributed by atoms with Gasteiger partial charge in [0.1, 0.15) is 23.8 Å². The van der Waals surface area contributed by atoms with Gasteiger partial charge in [-0.2, -0.15) is 0 Å². The molecule has 0 aliphatic heterocycles. The number of nitrogens with two attached hydrogens (primary N) is 1. The van der Waals surface area contributed by atoms with Crippen LogP contribution in [0, 0.1) is 11.6 Å². The summed E-state index contributed by atoms with van der Waals surface area (Å²) in [6, 6.07) is 10.4. The predicted octanol–water partition coefficient (Wildman–Crippen LogP) is 4.60. The summed E-state index contributed by atoms with van der Waals surface area (Å²) in [6.07, 6.45) is 3.15. The second-order valence-corrected chi connectivity index (χ2v) is 5.88. The number of nitrogens with zero attached hydrogens (tertiary/aromatic N) is 3. The molecule has 0 aliphatic carbocycles.